The number of benzene rings is 3. The molecule has 0 heterocycles. The number of amides is 2. The molecule has 0 bridgehead atoms. The smallest absolute Gasteiger partial charge is 0.264 e. The zero-order chi connectivity index (χ0) is 29.8. The number of rotatable bonds is 15. The molecule has 1 unspecified atom stereocenters. The SMILES string of the molecule is CCCNC(=O)C(CC)N(Cc1ccc(OC)cc1)C(=O)CN(c1ccccc1OCC)S(=O)(=O)c1ccccc1. The molecule has 41 heavy (non-hydrogen) atoms. The van der Waals surface area contributed by atoms with Gasteiger partial charge in [-0.3, -0.25) is 13.9 Å². The number of hydrogen-bond acceptors (Lipinski definition) is 6. The van der Waals surface area contributed by atoms with Crippen LogP contribution in [0.15, 0.2) is 83.8 Å². The molecule has 3 aromatic carbocycles. The summed E-state index contributed by atoms with van der Waals surface area (Å²) < 4.78 is 40.1. The van der Waals surface area contributed by atoms with Gasteiger partial charge in [0.25, 0.3) is 10.0 Å². The Hall–Kier alpha value is -4.05. The monoisotopic (exact) mass is 581 g/mol. The van der Waals surface area contributed by atoms with Crippen LogP contribution in [-0.2, 0) is 26.2 Å². The maximum absolute atomic E-state index is 14.2. The van der Waals surface area contributed by atoms with E-state index in [1.165, 1.54) is 17.0 Å². The predicted octanol–water partition coefficient (Wildman–Crippen LogP) is 4.62. The van der Waals surface area contributed by atoms with E-state index in [0.717, 1.165) is 16.3 Å². The number of carbonyl (C=O) groups is 2. The van der Waals surface area contributed by atoms with Crippen molar-refractivity contribution in [2.75, 3.05) is 31.1 Å². The van der Waals surface area contributed by atoms with Crippen LogP contribution in [0.5, 0.6) is 11.5 Å². The number of ether oxygens (including phenoxy) is 2. The summed E-state index contributed by atoms with van der Waals surface area (Å²) in [5.74, 6) is 0.178. The van der Waals surface area contributed by atoms with E-state index in [1.807, 2.05) is 26.0 Å². The molecule has 0 saturated carbocycles. The van der Waals surface area contributed by atoms with Crippen molar-refractivity contribution in [3.8, 4) is 11.5 Å². The minimum Gasteiger partial charge on any atom is -0.497 e. The van der Waals surface area contributed by atoms with Gasteiger partial charge in [-0.05, 0) is 61.7 Å². The third-order valence-corrected chi connectivity index (χ3v) is 8.26. The van der Waals surface area contributed by atoms with Crippen LogP contribution in [0.1, 0.15) is 39.2 Å². The molecule has 3 aromatic rings. The van der Waals surface area contributed by atoms with Crippen molar-refractivity contribution in [1.82, 2.24) is 10.2 Å². The third-order valence-electron chi connectivity index (χ3n) is 6.49. The maximum atomic E-state index is 14.2. The van der Waals surface area contributed by atoms with Gasteiger partial charge in [0.2, 0.25) is 11.8 Å². The highest BCUT2D eigenvalue weighted by molar-refractivity contribution is 7.92. The largest absolute Gasteiger partial charge is 0.497 e. The van der Waals surface area contributed by atoms with Crippen LogP contribution in [0.2, 0.25) is 0 Å². The fourth-order valence-electron chi connectivity index (χ4n) is 4.39. The highest BCUT2D eigenvalue weighted by Crippen LogP contribution is 2.33. The van der Waals surface area contributed by atoms with Crippen molar-refractivity contribution in [3.05, 3.63) is 84.4 Å². The van der Waals surface area contributed by atoms with Gasteiger partial charge in [0.1, 0.15) is 24.1 Å². The highest BCUT2D eigenvalue weighted by Gasteiger charge is 2.34. The summed E-state index contributed by atoms with van der Waals surface area (Å²) in [7, 11) is -2.62. The van der Waals surface area contributed by atoms with Crippen LogP contribution in [0.25, 0.3) is 0 Å². The lowest BCUT2D eigenvalue weighted by Gasteiger charge is -2.33. The number of nitrogens with one attached hydrogen (secondary N) is 1. The van der Waals surface area contributed by atoms with Crippen molar-refractivity contribution < 1.29 is 27.5 Å². The topological polar surface area (TPSA) is 105 Å². The first-order valence-corrected chi connectivity index (χ1v) is 15.2. The van der Waals surface area contributed by atoms with Gasteiger partial charge in [0.15, 0.2) is 0 Å². The van der Waals surface area contributed by atoms with Crippen molar-refractivity contribution in [2.45, 2.75) is 51.1 Å². The van der Waals surface area contributed by atoms with E-state index in [9.17, 15) is 18.0 Å². The highest BCUT2D eigenvalue weighted by atomic mass is 32.2. The molecule has 220 valence electrons. The standard InChI is InChI=1S/C31H39N3O6S/c1-5-21-32-31(36)27(6-2)33(22-24-17-19-25(39-4)20-18-24)30(35)23-34(28-15-11-12-16-29(28)40-7-3)41(37,38)26-13-9-8-10-14-26/h8-20,27H,5-7,21-23H2,1-4H3,(H,32,36). The molecule has 0 aromatic heterocycles. The molecule has 9 nitrogen and oxygen atoms in total. The number of hydrogen-bond donors (Lipinski definition) is 1. The first-order valence-electron chi connectivity index (χ1n) is 13.8. The van der Waals surface area contributed by atoms with Gasteiger partial charge < -0.3 is 19.7 Å². The van der Waals surface area contributed by atoms with Crippen LogP contribution in [0.3, 0.4) is 0 Å². The summed E-state index contributed by atoms with van der Waals surface area (Å²) in [5, 5.41) is 2.88. The average molecular weight is 582 g/mol. The molecule has 2 amide bonds. The minimum absolute atomic E-state index is 0.0357. The maximum Gasteiger partial charge on any atom is 0.264 e. The normalized spacial score (nSPS) is 11.8. The van der Waals surface area contributed by atoms with Gasteiger partial charge in [-0.1, -0.05) is 56.3 Å². The Morgan fingerprint density at radius 2 is 1.56 bits per heavy atom. The fourth-order valence-corrected chi connectivity index (χ4v) is 5.83. The second-order valence-corrected chi connectivity index (χ2v) is 11.2. The molecular weight excluding hydrogens is 542 g/mol. The number of carbonyl (C=O) groups excluding carboxylic acids is 2. The second kappa shape index (κ2) is 15.1. The molecular formula is C31H39N3O6S. The summed E-state index contributed by atoms with van der Waals surface area (Å²) in [5.41, 5.74) is 1.01. The number of nitrogens with zero attached hydrogens (tertiary/aromatic N) is 2. The molecule has 0 saturated heterocycles. The summed E-state index contributed by atoms with van der Waals surface area (Å²) in [6.07, 6.45) is 1.09. The van der Waals surface area contributed by atoms with E-state index < -0.39 is 28.5 Å². The van der Waals surface area contributed by atoms with E-state index in [0.29, 0.717) is 31.1 Å². The molecule has 10 heteroatoms. The van der Waals surface area contributed by atoms with Gasteiger partial charge in [-0.2, -0.15) is 0 Å². The Labute approximate surface area is 243 Å². The van der Waals surface area contributed by atoms with E-state index in [1.54, 1.807) is 68.6 Å². The van der Waals surface area contributed by atoms with E-state index in [-0.39, 0.29) is 23.0 Å². The average Bonchev–Trinajstić information content (AvgIpc) is 2.99. The van der Waals surface area contributed by atoms with Crippen LogP contribution in [0, 0.1) is 0 Å². The van der Waals surface area contributed by atoms with Crippen LogP contribution in [0.4, 0.5) is 5.69 Å². The molecule has 1 N–H and O–H groups in total. The number of methoxy groups -OCH3 is 1. The molecule has 3 rings (SSSR count). The summed E-state index contributed by atoms with van der Waals surface area (Å²) in [4.78, 5) is 28.8. The van der Waals surface area contributed by atoms with Crippen molar-refractivity contribution in [3.63, 3.8) is 0 Å². The first-order chi connectivity index (χ1) is 19.8. The van der Waals surface area contributed by atoms with Crippen molar-refractivity contribution in [1.29, 1.82) is 0 Å². The summed E-state index contributed by atoms with van der Waals surface area (Å²) in [6.45, 7) is 5.92. The molecule has 0 radical (unpaired) electrons. The van der Waals surface area contributed by atoms with Crippen molar-refractivity contribution >= 4 is 27.5 Å². The minimum atomic E-state index is -4.18. The molecule has 0 aliphatic carbocycles. The Morgan fingerprint density at radius 3 is 2.17 bits per heavy atom. The molecule has 0 spiro atoms. The number of para-hydroxylation sites is 2. The van der Waals surface area contributed by atoms with Crippen LogP contribution in [-0.4, -0.2) is 58.0 Å². The summed E-state index contributed by atoms with van der Waals surface area (Å²) in [6, 6.07) is 21.0. The number of sulfonamides is 1. The summed E-state index contributed by atoms with van der Waals surface area (Å²) >= 11 is 0. The van der Waals surface area contributed by atoms with Gasteiger partial charge in [-0.15, -0.1) is 0 Å². The zero-order valence-corrected chi connectivity index (χ0v) is 24.9. The van der Waals surface area contributed by atoms with Crippen LogP contribution < -0.4 is 19.1 Å². The Morgan fingerprint density at radius 1 is 0.902 bits per heavy atom. The number of anilines is 1. The molecule has 0 fully saturated rings. The van der Waals surface area contributed by atoms with Gasteiger partial charge in [0.05, 0.1) is 24.3 Å². The van der Waals surface area contributed by atoms with Crippen molar-refractivity contribution in [2.24, 2.45) is 0 Å². The van der Waals surface area contributed by atoms with E-state index >= 15 is 0 Å². The third kappa shape index (κ3) is 8.00. The lowest BCUT2D eigenvalue weighted by Crippen LogP contribution is -2.52. The zero-order valence-electron chi connectivity index (χ0n) is 24.1. The quantitative estimate of drug-likeness (QED) is 0.281. The molecule has 0 aliphatic heterocycles. The van der Waals surface area contributed by atoms with Gasteiger partial charge in [-0.25, -0.2) is 8.42 Å². The Kier molecular flexibility index (Phi) is 11.6. The fraction of sp³-hybridized carbons (Fsp3) is 0.355. The molecule has 0 aliphatic rings. The van der Waals surface area contributed by atoms with Gasteiger partial charge in [0, 0.05) is 13.1 Å². The predicted molar refractivity (Wildman–Crippen MR) is 160 cm³/mol. The molecule has 1 atom stereocenters. The lowest BCUT2D eigenvalue weighted by atomic mass is 10.1. The Balaban J connectivity index is 2.08. The second-order valence-electron chi connectivity index (χ2n) is 9.31. The van der Waals surface area contributed by atoms with E-state index in [2.05, 4.69) is 5.32 Å². The van der Waals surface area contributed by atoms with Gasteiger partial charge >= 0.3 is 0 Å². The first kappa shape index (κ1) is 31.5. The Bertz CT molecular complexity index is 1380. The van der Waals surface area contributed by atoms with E-state index in [4.69, 9.17) is 9.47 Å². The van der Waals surface area contributed by atoms with Crippen LogP contribution >= 0.6 is 0 Å². The lowest BCUT2D eigenvalue weighted by molar-refractivity contribution is -0.140.